The molecule has 268 valence electrons. The molecule has 6 rings (SSSR count). The van der Waals surface area contributed by atoms with E-state index in [9.17, 15) is 19.5 Å². The number of nitrogens with zero attached hydrogens (tertiary/aromatic N) is 2. The van der Waals surface area contributed by atoms with Gasteiger partial charge in [-0.25, -0.2) is 0 Å². The predicted octanol–water partition coefficient (Wildman–Crippen LogP) is 7.16. The number of fused-ring (bicyclic) bond motifs is 1. The molecule has 4 aromatic rings. The van der Waals surface area contributed by atoms with Crippen LogP contribution in [0.1, 0.15) is 63.9 Å². The molecule has 2 aliphatic rings. The van der Waals surface area contributed by atoms with Crippen LogP contribution in [0.4, 0.5) is 11.4 Å². The Morgan fingerprint density at radius 2 is 1.76 bits per heavy atom. The third-order valence-corrected chi connectivity index (χ3v) is 10.2. The Bertz CT molecular complexity index is 1800. The number of hydrogen-bond acceptors (Lipinski definition) is 5. The first kappa shape index (κ1) is 35.9. The zero-order valence-corrected chi connectivity index (χ0v) is 29.7. The molecule has 9 heteroatoms. The van der Waals surface area contributed by atoms with Crippen LogP contribution in [0.25, 0.3) is 22.2 Å². The quantitative estimate of drug-likeness (QED) is 0.105. The Labute approximate surface area is 301 Å². The van der Waals surface area contributed by atoms with Crippen molar-refractivity contribution < 1.29 is 19.5 Å². The Hall–Kier alpha value is -4.89. The molecule has 3 amide bonds. The fraction of sp³-hybridized carbons (Fsp3) is 0.405. The number of aromatic amines is 1. The Kier molecular flexibility index (Phi) is 12.2. The van der Waals surface area contributed by atoms with Gasteiger partial charge in [-0.3, -0.25) is 14.4 Å². The molecule has 2 heterocycles. The average molecular weight is 690 g/mol. The zero-order chi connectivity index (χ0) is 35.6. The third-order valence-electron chi connectivity index (χ3n) is 10.2. The van der Waals surface area contributed by atoms with E-state index in [1.165, 1.54) is 0 Å². The van der Waals surface area contributed by atoms with E-state index in [-0.39, 0.29) is 43.0 Å². The average Bonchev–Trinajstić information content (AvgIpc) is 3.58. The fourth-order valence-corrected chi connectivity index (χ4v) is 7.50. The molecule has 0 bridgehead atoms. The van der Waals surface area contributed by atoms with E-state index < -0.39 is 0 Å². The molecule has 3 atom stereocenters. The van der Waals surface area contributed by atoms with E-state index in [4.69, 9.17) is 0 Å². The summed E-state index contributed by atoms with van der Waals surface area (Å²) in [6, 6.07) is 25.3. The molecule has 4 N–H and O–H groups in total. The van der Waals surface area contributed by atoms with Crippen molar-refractivity contribution in [2.24, 2.45) is 5.92 Å². The summed E-state index contributed by atoms with van der Waals surface area (Å²) in [5, 5.41) is 18.0. The van der Waals surface area contributed by atoms with Gasteiger partial charge in [-0.15, -0.1) is 0 Å². The first-order chi connectivity index (χ1) is 24.9. The first-order valence-electron chi connectivity index (χ1n) is 18.6. The second-order valence-corrected chi connectivity index (χ2v) is 14.0. The Balaban J connectivity index is 1.07. The second-order valence-electron chi connectivity index (χ2n) is 14.0. The van der Waals surface area contributed by atoms with Crippen LogP contribution < -0.4 is 10.6 Å². The maximum Gasteiger partial charge on any atom is 0.243 e. The largest absolute Gasteiger partial charge is 0.394 e. The predicted molar refractivity (Wildman–Crippen MR) is 204 cm³/mol. The summed E-state index contributed by atoms with van der Waals surface area (Å²) >= 11 is 0. The summed E-state index contributed by atoms with van der Waals surface area (Å²) in [6.45, 7) is 3.27. The van der Waals surface area contributed by atoms with Crippen molar-refractivity contribution in [2.45, 2.75) is 76.8 Å². The van der Waals surface area contributed by atoms with Crippen LogP contribution in [0.15, 0.2) is 91.0 Å². The van der Waals surface area contributed by atoms with Crippen LogP contribution in [-0.4, -0.2) is 75.9 Å². The lowest BCUT2D eigenvalue weighted by atomic mass is 9.91. The standard InChI is InChI=1S/C42H51N5O4/c1-2-22-46(41(50)24-30-11-5-3-6-12-30)28-40(49)44-34-18-16-32(17-19-34)37-27-33-26-35(20-21-36(33)45-37)43-38(29-48)39-15-9-10-23-47(39)42(51)25-31-13-7-4-8-14-31/h3-5,7-8,13-14,16-21,26-27,30,38-39,43,45,48H,2,6,9-12,15,22-25,28-29H2,1H3,(H,44,49). The van der Waals surface area contributed by atoms with Gasteiger partial charge in [0.25, 0.3) is 0 Å². The normalized spacial score (nSPS) is 18.0. The number of carbonyl (C=O) groups excluding carboxylic acids is 3. The van der Waals surface area contributed by atoms with E-state index in [0.717, 1.165) is 78.4 Å². The SMILES string of the molecule is CCCN(CC(=O)Nc1ccc(-c2cc3cc(NC(CO)C4CCCCN4C(=O)Cc4ccccc4)ccc3[nH]2)cc1)C(=O)CC1CC=CCC1. The van der Waals surface area contributed by atoms with Gasteiger partial charge < -0.3 is 30.5 Å². The number of carbonyl (C=O) groups is 3. The van der Waals surface area contributed by atoms with Gasteiger partial charge >= 0.3 is 0 Å². The summed E-state index contributed by atoms with van der Waals surface area (Å²) in [4.78, 5) is 46.5. The molecule has 1 aromatic heterocycles. The molecule has 0 spiro atoms. The lowest BCUT2D eigenvalue weighted by Crippen LogP contribution is -2.53. The van der Waals surface area contributed by atoms with Crippen molar-refractivity contribution in [2.75, 3.05) is 36.9 Å². The maximum absolute atomic E-state index is 13.4. The summed E-state index contributed by atoms with van der Waals surface area (Å²) in [5.74, 6) is 0.310. The van der Waals surface area contributed by atoms with Gasteiger partial charge in [0.2, 0.25) is 17.7 Å². The van der Waals surface area contributed by atoms with E-state index in [0.29, 0.717) is 37.5 Å². The number of benzene rings is 3. The number of piperidine rings is 1. The van der Waals surface area contributed by atoms with Crippen LogP contribution in [-0.2, 0) is 20.8 Å². The minimum Gasteiger partial charge on any atom is -0.394 e. The van der Waals surface area contributed by atoms with Gasteiger partial charge in [0.15, 0.2) is 0 Å². The Morgan fingerprint density at radius 1 is 0.961 bits per heavy atom. The van der Waals surface area contributed by atoms with Crippen molar-refractivity contribution in [3.63, 3.8) is 0 Å². The summed E-state index contributed by atoms with van der Waals surface area (Å²) < 4.78 is 0. The van der Waals surface area contributed by atoms with Crippen molar-refractivity contribution in [3.05, 3.63) is 96.6 Å². The maximum atomic E-state index is 13.4. The molecule has 0 radical (unpaired) electrons. The number of aliphatic hydroxyl groups is 1. The van der Waals surface area contributed by atoms with E-state index >= 15 is 0 Å². The minimum absolute atomic E-state index is 0.0509. The summed E-state index contributed by atoms with van der Waals surface area (Å²) in [5.41, 5.74) is 5.47. The van der Waals surface area contributed by atoms with Gasteiger partial charge in [0, 0.05) is 47.5 Å². The number of H-pyrrole nitrogens is 1. The topological polar surface area (TPSA) is 118 Å². The highest BCUT2D eigenvalue weighted by Crippen LogP contribution is 2.29. The molecule has 3 aromatic carbocycles. The molecular weight excluding hydrogens is 638 g/mol. The molecule has 1 aliphatic heterocycles. The number of allylic oxidation sites excluding steroid dienone is 2. The van der Waals surface area contributed by atoms with Gasteiger partial charge in [0.05, 0.1) is 31.7 Å². The van der Waals surface area contributed by atoms with Crippen molar-refractivity contribution >= 4 is 40.0 Å². The number of aromatic nitrogens is 1. The summed E-state index contributed by atoms with van der Waals surface area (Å²) in [7, 11) is 0. The zero-order valence-electron chi connectivity index (χ0n) is 29.7. The number of rotatable bonds is 14. The van der Waals surface area contributed by atoms with Gasteiger partial charge in [-0.2, -0.15) is 0 Å². The number of aliphatic hydroxyl groups excluding tert-OH is 1. The van der Waals surface area contributed by atoms with Crippen LogP contribution in [0.5, 0.6) is 0 Å². The molecule has 51 heavy (non-hydrogen) atoms. The number of likely N-dealkylation sites (tertiary alicyclic amines) is 1. The van der Waals surface area contributed by atoms with Gasteiger partial charge in [-0.05, 0) is 98.4 Å². The van der Waals surface area contributed by atoms with Crippen LogP contribution >= 0.6 is 0 Å². The van der Waals surface area contributed by atoms with E-state index in [1.54, 1.807) is 4.90 Å². The van der Waals surface area contributed by atoms with Gasteiger partial charge in [-0.1, -0.05) is 61.5 Å². The molecule has 1 aliphatic carbocycles. The van der Waals surface area contributed by atoms with E-state index in [1.807, 2.05) is 78.6 Å². The number of hydrogen-bond donors (Lipinski definition) is 4. The van der Waals surface area contributed by atoms with Crippen molar-refractivity contribution in [3.8, 4) is 11.3 Å². The fourth-order valence-electron chi connectivity index (χ4n) is 7.50. The minimum atomic E-state index is -0.287. The monoisotopic (exact) mass is 689 g/mol. The molecule has 1 fully saturated rings. The molecule has 0 saturated carbocycles. The highest BCUT2D eigenvalue weighted by Gasteiger charge is 2.33. The lowest BCUT2D eigenvalue weighted by molar-refractivity contribution is -0.135. The van der Waals surface area contributed by atoms with Crippen LogP contribution in [0, 0.1) is 5.92 Å². The molecule has 9 nitrogen and oxygen atoms in total. The van der Waals surface area contributed by atoms with Gasteiger partial charge in [0.1, 0.15) is 0 Å². The Morgan fingerprint density at radius 3 is 2.51 bits per heavy atom. The third kappa shape index (κ3) is 9.47. The van der Waals surface area contributed by atoms with Crippen LogP contribution in [0.2, 0.25) is 0 Å². The van der Waals surface area contributed by atoms with Crippen LogP contribution in [0.3, 0.4) is 0 Å². The van der Waals surface area contributed by atoms with Crippen molar-refractivity contribution in [1.29, 1.82) is 0 Å². The summed E-state index contributed by atoms with van der Waals surface area (Å²) in [6.07, 6.45) is 11.8. The number of nitrogens with one attached hydrogen (secondary N) is 3. The smallest absolute Gasteiger partial charge is 0.243 e. The number of anilines is 2. The lowest BCUT2D eigenvalue weighted by Gasteiger charge is -2.40. The second kappa shape index (κ2) is 17.4. The first-order valence-corrected chi connectivity index (χ1v) is 18.6. The molecule has 1 saturated heterocycles. The van der Waals surface area contributed by atoms with E-state index in [2.05, 4.69) is 39.9 Å². The number of amides is 3. The highest BCUT2D eigenvalue weighted by molar-refractivity contribution is 5.95. The molecule has 3 unspecified atom stereocenters. The highest BCUT2D eigenvalue weighted by atomic mass is 16.3. The van der Waals surface area contributed by atoms with Crippen molar-refractivity contribution in [1.82, 2.24) is 14.8 Å². The molecular formula is C42H51N5O4.